The smallest absolute Gasteiger partial charge is 0.408 e. The van der Waals surface area contributed by atoms with Crippen LogP contribution in [0.5, 0.6) is 0 Å². The molecule has 6 nitrogen and oxygen atoms in total. The van der Waals surface area contributed by atoms with Gasteiger partial charge in [-0.3, -0.25) is 9.71 Å². The highest BCUT2D eigenvalue weighted by Gasteiger charge is 2.16. The Morgan fingerprint density at radius 1 is 1.10 bits per heavy atom. The molecule has 21 heavy (non-hydrogen) atoms. The molecule has 1 heterocycles. The number of sulfonamides is 1. The van der Waals surface area contributed by atoms with Gasteiger partial charge in [0.25, 0.3) is 10.0 Å². The Morgan fingerprint density at radius 3 is 2.52 bits per heavy atom. The summed E-state index contributed by atoms with van der Waals surface area (Å²) in [6.07, 6.45) is 0. The van der Waals surface area contributed by atoms with E-state index >= 15 is 0 Å². The molecule has 0 bridgehead atoms. The van der Waals surface area contributed by atoms with Crippen molar-refractivity contribution in [3.8, 4) is 0 Å². The van der Waals surface area contributed by atoms with E-state index in [1.54, 1.807) is 12.1 Å². The summed E-state index contributed by atoms with van der Waals surface area (Å²) in [5.74, 6) is -0.619. The third-order valence-electron chi connectivity index (χ3n) is 3.01. The van der Waals surface area contributed by atoms with Gasteiger partial charge in [-0.2, -0.15) is 0 Å². The maximum Gasteiger partial charge on any atom is 0.417 e. The Bertz CT molecular complexity index is 953. The molecule has 0 aliphatic carbocycles. The highest BCUT2D eigenvalue weighted by molar-refractivity contribution is 7.92. The summed E-state index contributed by atoms with van der Waals surface area (Å²) >= 11 is 0. The van der Waals surface area contributed by atoms with Gasteiger partial charge in [0.15, 0.2) is 5.58 Å². The quantitative estimate of drug-likeness (QED) is 0.776. The summed E-state index contributed by atoms with van der Waals surface area (Å²) in [6, 6.07) is 11.2. The number of hydrogen-bond donors (Lipinski definition) is 2. The van der Waals surface area contributed by atoms with Crippen LogP contribution >= 0.6 is 0 Å². The molecule has 0 fully saturated rings. The van der Waals surface area contributed by atoms with Crippen LogP contribution in [0.1, 0.15) is 5.56 Å². The molecule has 7 heteroatoms. The number of fused-ring (bicyclic) bond motifs is 1. The number of aromatic nitrogens is 1. The zero-order valence-electron chi connectivity index (χ0n) is 11.1. The van der Waals surface area contributed by atoms with Crippen LogP contribution < -0.4 is 10.5 Å². The summed E-state index contributed by atoms with van der Waals surface area (Å²) in [6.45, 7) is 1.92. The first-order valence-corrected chi connectivity index (χ1v) is 7.65. The van der Waals surface area contributed by atoms with Crippen molar-refractivity contribution in [3.05, 3.63) is 58.6 Å². The fourth-order valence-corrected chi connectivity index (χ4v) is 3.00. The van der Waals surface area contributed by atoms with E-state index in [0.29, 0.717) is 11.2 Å². The van der Waals surface area contributed by atoms with E-state index in [9.17, 15) is 13.2 Å². The molecule has 0 atom stereocenters. The van der Waals surface area contributed by atoms with Gasteiger partial charge >= 0.3 is 5.76 Å². The lowest BCUT2D eigenvalue weighted by Gasteiger charge is -2.08. The first kappa shape index (κ1) is 13.4. The summed E-state index contributed by atoms with van der Waals surface area (Å²) in [5, 5.41) is 0. The minimum atomic E-state index is -3.73. The van der Waals surface area contributed by atoms with Crippen molar-refractivity contribution in [3.63, 3.8) is 0 Å². The van der Waals surface area contributed by atoms with Gasteiger partial charge in [-0.1, -0.05) is 17.7 Å². The number of hydrogen-bond acceptors (Lipinski definition) is 4. The maximum atomic E-state index is 12.3. The normalized spacial score (nSPS) is 11.7. The van der Waals surface area contributed by atoms with E-state index in [1.807, 2.05) is 19.1 Å². The lowest BCUT2D eigenvalue weighted by Crippen LogP contribution is -2.12. The van der Waals surface area contributed by atoms with Crippen molar-refractivity contribution in [2.45, 2.75) is 11.8 Å². The monoisotopic (exact) mass is 304 g/mol. The molecule has 2 aromatic carbocycles. The number of nitrogens with one attached hydrogen (secondary N) is 2. The molecular formula is C14H12N2O4S. The molecule has 108 valence electrons. The Hall–Kier alpha value is -2.54. The van der Waals surface area contributed by atoms with Crippen LogP contribution in [0.2, 0.25) is 0 Å². The van der Waals surface area contributed by atoms with Gasteiger partial charge in [0.05, 0.1) is 10.4 Å². The molecule has 0 saturated carbocycles. The van der Waals surface area contributed by atoms with Gasteiger partial charge in [-0.25, -0.2) is 13.2 Å². The average molecular weight is 304 g/mol. The largest absolute Gasteiger partial charge is 0.417 e. The lowest BCUT2D eigenvalue weighted by molar-refractivity contribution is 0.554. The third-order valence-corrected chi connectivity index (χ3v) is 4.39. The van der Waals surface area contributed by atoms with E-state index in [2.05, 4.69) is 9.71 Å². The van der Waals surface area contributed by atoms with Gasteiger partial charge in [0, 0.05) is 11.8 Å². The molecule has 0 amide bonds. The number of aromatic amines is 1. The Morgan fingerprint density at radius 2 is 1.81 bits per heavy atom. The third kappa shape index (κ3) is 2.68. The molecule has 0 aliphatic heterocycles. The lowest BCUT2D eigenvalue weighted by atomic mass is 10.2. The van der Waals surface area contributed by atoms with Crippen molar-refractivity contribution in [1.29, 1.82) is 0 Å². The average Bonchev–Trinajstić information content (AvgIpc) is 2.80. The molecule has 1 aromatic heterocycles. The van der Waals surface area contributed by atoms with Crippen molar-refractivity contribution in [2.24, 2.45) is 0 Å². The van der Waals surface area contributed by atoms with Gasteiger partial charge in [-0.15, -0.1) is 0 Å². The van der Waals surface area contributed by atoms with Crippen LogP contribution in [-0.2, 0) is 10.0 Å². The summed E-state index contributed by atoms with van der Waals surface area (Å²) < 4.78 is 31.9. The number of anilines is 1. The molecule has 0 aliphatic rings. The summed E-state index contributed by atoms with van der Waals surface area (Å²) in [4.78, 5) is 13.6. The second-order valence-corrected chi connectivity index (χ2v) is 6.33. The molecule has 0 saturated heterocycles. The highest BCUT2D eigenvalue weighted by Crippen LogP contribution is 2.20. The first-order chi connectivity index (χ1) is 9.94. The molecule has 0 radical (unpaired) electrons. The minimum Gasteiger partial charge on any atom is -0.408 e. The zero-order chi connectivity index (χ0) is 15.0. The van der Waals surface area contributed by atoms with Crippen LogP contribution in [-0.4, -0.2) is 13.4 Å². The number of aryl methyl sites for hydroxylation is 1. The number of oxazole rings is 1. The van der Waals surface area contributed by atoms with Crippen LogP contribution in [0.4, 0.5) is 5.69 Å². The van der Waals surface area contributed by atoms with Crippen molar-refractivity contribution >= 4 is 26.8 Å². The highest BCUT2D eigenvalue weighted by atomic mass is 32.2. The van der Waals surface area contributed by atoms with Gasteiger partial charge in [-0.05, 0) is 31.2 Å². The molecule has 0 spiro atoms. The number of H-pyrrole nitrogens is 1. The fraction of sp³-hybridized carbons (Fsp3) is 0.0714. The standard InChI is InChI=1S/C14H12N2O4S/c1-9-2-4-10(5-3-9)16-21(18,19)11-6-7-12-13(8-11)20-14(17)15-12/h2-8,16H,1H3,(H,15,17). The zero-order valence-corrected chi connectivity index (χ0v) is 11.9. The maximum absolute atomic E-state index is 12.3. The minimum absolute atomic E-state index is 0.0262. The fourth-order valence-electron chi connectivity index (χ4n) is 1.93. The van der Waals surface area contributed by atoms with Gasteiger partial charge in [0.1, 0.15) is 0 Å². The van der Waals surface area contributed by atoms with E-state index in [0.717, 1.165) is 5.56 Å². The van der Waals surface area contributed by atoms with E-state index in [-0.39, 0.29) is 10.5 Å². The molecular weight excluding hydrogens is 292 g/mol. The SMILES string of the molecule is Cc1ccc(NS(=O)(=O)c2ccc3[nH]c(=O)oc3c2)cc1. The molecule has 0 unspecified atom stereocenters. The first-order valence-electron chi connectivity index (χ1n) is 6.16. The molecule has 2 N–H and O–H groups in total. The van der Waals surface area contributed by atoms with E-state index < -0.39 is 15.8 Å². The predicted octanol–water partition coefficient (Wildman–Crippen LogP) is 2.23. The number of rotatable bonds is 3. The Labute approximate surface area is 120 Å². The Balaban J connectivity index is 1.99. The summed E-state index contributed by atoms with van der Waals surface area (Å²) in [7, 11) is -3.73. The van der Waals surface area contributed by atoms with Gasteiger partial charge in [0.2, 0.25) is 0 Å². The van der Waals surface area contributed by atoms with Crippen molar-refractivity contribution < 1.29 is 12.8 Å². The van der Waals surface area contributed by atoms with Crippen LogP contribution in [0.15, 0.2) is 56.6 Å². The van der Waals surface area contributed by atoms with Crippen LogP contribution in [0, 0.1) is 6.92 Å². The number of benzene rings is 2. The summed E-state index contributed by atoms with van der Waals surface area (Å²) in [5.41, 5.74) is 2.16. The molecule has 3 aromatic rings. The van der Waals surface area contributed by atoms with Crippen molar-refractivity contribution in [2.75, 3.05) is 4.72 Å². The molecule has 3 rings (SSSR count). The van der Waals surface area contributed by atoms with Crippen LogP contribution in [0.3, 0.4) is 0 Å². The predicted molar refractivity (Wildman–Crippen MR) is 78.8 cm³/mol. The second-order valence-electron chi connectivity index (χ2n) is 4.64. The second kappa shape index (κ2) is 4.78. The van der Waals surface area contributed by atoms with E-state index in [1.165, 1.54) is 18.2 Å². The Kier molecular flexibility index (Phi) is 3.06. The van der Waals surface area contributed by atoms with Crippen molar-refractivity contribution in [1.82, 2.24) is 4.98 Å². The topological polar surface area (TPSA) is 92.2 Å². The van der Waals surface area contributed by atoms with E-state index in [4.69, 9.17) is 4.42 Å². The van der Waals surface area contributed by atoms with Crippen LogP contribution in [0.25, 0.3) is 11.1 Å². The van der Waals surface area contributed by atoms with Gasteiger partial charge < -0.3 is 4.42 Å².